The van der Waals surface area contributed by atoms with Gasteiger partial charge in [0.25, 0.3) is 0 Å². The number of anilines is 2. The first-order chi connectivity index (χ1) is 17.2. The minimum atomic E-state index is -0.536. The Morgan fingerprint density at radius 3 is 1.78 bits per heavy atom. The van der Waals surface area contributed by atoms with E-state index in [9.17, 15) is 9.59 Å². The molecule has 36 heavy (non-hydrogen) atoms. The lowest BCUT2D eigenvalue weighted by molar-refractivity contribution is -0.131. The summed E-state index contributed by atoms with van der Waals surface area (Å²) in [5, 5.41) is 0. The van der Waals surface area contributed by atoms with Gasteiger partial charge in [0.2, 0.25) is 0 Å². The van der Waals surface area contributed by atoms with E-state index in [-0.39, 0.29) is 11.3 Å². The molecule has 1 aliphatic rings. The van der Waals surface area contributed by atoms with Crippen molar-refractivity contribution in [2.75, 3.05) is 45.1 Å². The maximum absolute atomic E-state index is 12.7. The number of carbonyl (C=O) groups excluding carboxylic acids is 2. The highest BCUT2D eigenvalue weighted by molar-refractivity contribution is 5.98. The lowest BCUT2D eigenvalue weighted by Gasteiger charge is -2.36. The van der Waals surface area contributed by atoms with Gasteiger partial charge in [-0.05, 0) is 59.0 Å². The highest BCUT2D eigenvalue weighted by Crippen LogP contribution is 2.44. The highest BCUT2D eigenvalue weighted by Gasteiger charge is 2.37. The Bertz CT molecular complexity index is 1250. The maximum Gasteiger partial charge on any atom is 0.342 e. The van der Waals surface area contributed by atoms with Crippen LogP contribution in [0.4, 0.5) is 11.4 Å². The third kappa shape index (κ3) is 4.59. The van der Waals surface area contributed by atoms with Crippen LogP contribution in [0.15, 0.2) is 66.7 Å². The minimum absolute atomic E-state index is 0.205. The Labute approximate surface area is 212 Å². The molecule has 0 atom stereocenters. The van der Waals surface area contributed by atoms with Crippen molar-refractivity contribution < 1.29 is 19.1 Å². The zero-order chi connectivity index (χ0) is 26.0. The van der Waals surface area contributed by atoms with Gasteiger partial charge in [-0.1, -0.05) is 42.5 Å². The van der Waals surface area contributed by atoms with E-state index < -0.39 is 17.4 Å². The zero-order valence-electron chi connectivity index (χ0n) is 21.7. The first-order valence-corrected chi connectivity index (χ1v) is 11.8. The summed E-state index contributed by atoms with van der Waals surface area (Å²) in [6.45, 7) is 1.32. The van der Waals surface area contributed by atoms with Gasteiger partial charge in [-0.2, -0.15) is 0 Å². The van der Waals surface area contributed by atoms with Gasteiger partial charge in [0.15, 0.2) is 0 Å². The third-order valence-electron chi connectivity index (χ3n) is 6.74. The Morgan fingerprint density at radius 2 is 1.33 bits per heavy atom. The molecule has 0 saturated carbocycles. The molecular formula is C30H32N2O4. The summed E-state index contributed by atoms with van der Waals surface area (Å²) in [5.74, 6) is -0.821. The fourth-order valence-corrected chi connectivity index (χ4v) is 4.80. The van der Waals surface area contributed by atoms with Crippen molar-refractivity contribution in [1.29, 1.82) is 0 Å². The summed E-state index contributed by atoms with van der Waals surface area (Å²) in [7, 11) is 9.43. The van der Waals surface area contributed by atoms with Crippen molar-refractivity contribution in [2.24, 2.45) is 0 Å². The normalized spacial score (nSPS) is 13.5. The average molecular weight is 485 g/mol. The number of hydrogen-bond donors (Lipinski definition) is 0. The first kappa shape index (κ1) is 25.0. The van der Waals surface area contributed by atoms with Crippen LogP contribution in [0.5, 0.6) is 5.75 Å². The Morgan fingerprint density at radius 1 is 0.806 bits per heavy atom. The number of fused-ring (bicyclic) bond motifs is 1. The number of benzene rings is 3. The number of nitrogens with zero attached hydrogens (tertiary/aromatic N) is 2. The summed E-state index contributed by atoms with van der Waals surface area (Å²) in [6, 6.07) is 20.8. The van der Waals surface area contributed by atoms with Crippen molar-refractivity contribution in [3.8, 4) is 5.75 Å². The quantitative estimate of drug-likeness (QED) is 0.359. The number of ether oxygens (including phenoxy) is 2. The SMILES string of the molecule is COC(=O)c1c(OC(C)=O)ccc2c1C=CC(c1ccc(N(C)C)cc1)(c1ccc(N(C)C)cc1)C2. The van der Waals surface area contributed by atoms with Crippen LogP contribution in [0.2, 0.25) is 0 Å². The molecule has 0 spiro atoms. The Hall–Kier alpha value is -4.06. The molecule has 0 bridgehead atoms. The van der Waals surface area contributed by atoms with E-state index in [1.54, 1.807) is 6.07 Å². The highest BCUT2D eigenvalue weighted by atomic mass is 16.5. The molecule has 4 rings (SSSR count). The van der Waals surface area contributed by atoms with E-state index >= 15 is 0 Å². The first-order valence-electron chi connectivity index (χ1n) is 11.8. The van der Waals surface area contributed by atoms with Gasteiger partial charge in [0.1, 0.15) is 11.3 Å². The van der Waals surface area contributed by atoms with E-state index in [4.69, 9.17) is 9.47 Å². The summed E-state index contributed by atoms with van der Waals surface area (Å²) in [6.07, 6.45) is 4.73. The maximum atomic E-state index is 12.7. The predicted molar refractivity (Wildman–Crippen MR) is 144 cm³/mol. The van der Waals surface area contributed by atoms with Crippen molar-refractivity contribution in [3.63, 3.8) is 0 Å². The molecule has 0 aromatic heterocycles. The van der Waals surface area contributed by atoms with Crippen molar-refractivity contribution in [3.05, 3.63) is 94.6 Å². The molecule has 1 aliphatic carbocycles. The van der Waals surface area contributed by atoms with Crippen molar-refractivity contribution in [1.82, 2.24) is 0 Å². The van der Waals surface area contributed by atoms with E-state index in [1.165, 1.54) is 14.0 Å². The number of methoxy groups -OCH3 is 1. The second-order valence-electron chi connectivity index (χ2n) is 9.46. The van der Waals surface area contributed by atoms with Crippen LogP contribution < -0.4 is 14.5 Å². The van der Waals surface area contributed by atoms with Gasteiger partial charge < -0.3 is 19.3 Å². The summed E-state index contributed by atoms with van der Waals surface area (Å²) < 4.78 is 10.4. The van der Waals surface area contributed by atoms with Gasteiger partial charge >= 0.3 is 11.9 Å². The van der Waals surface area contributed by atoms with Gasteiger partial charge in [-0.15, -0.1) is 0 Å². The van der Waals surface area contributed by atoms with Crippen LogP contribution in [0, 0.1) is 0 Å². The predicted octanol–water partition coefficient (Wildman–Crippen LogP) is 5.09. The topological polar surface area (TPSA) is 59.1 Å². The van der Waals surface area contributed by atoms with Crippen LogP contribution in [0.3, 0.4) is 0 Å². The Kier molecular flexibility index (Phi) is 6.88. The monoisotopic (exact) mass is 484 g/mol. The van der Waals surface area contributed by atoms with E-state index in [0.29, 0.717) is 12.0 Å². The van der Waals surface area contributed by atoms with Gasteiger partial charge in [0.05, 0.1) is 7.11 Å². The molecule has 0 heterocycles. The largest absolute Gasteiger partial charge is 0.465 e. The standard InChI is InChI=1S/C30H32N2O4/c1-20(33)36-27-16-7-21-19-30(18-17-26(21)28(27)29(34)35-6,22-8-12-24(13-9-22)31(2)3)23-10-14-25(15-11-23)32(4)5/h7-18H,19H2,1-6H3. The van der Waals surface area contributed by atoms with Crippen LogP contribution in [0.1, 0.15) is 39.5 Å². The van der Waals surface area contributed by atoms with Gasteiger partial charge in [-0.3, -0.25) is 4.79 Å². The number of allylic oxidation sites excluding steroid dienone is 1. The van der Waals surface area contributed by atoms with E-state index in [2.05, 4.69) is 64.4 Å². The molecule has 0 aliphatic heterocycles. The molecule has 0 saturated heterocycles. The summed E-state index contributed by atoms with van der Waals surface area (Å²) in [4.78, 5) is 28.6. The lowest BCUT2D eigenvalue weighted by Crippen LogP contribution is -2.31. The fourth-order valence-electron chi connectivity index (χ4n) is 4.80. The van der Waals surface area contributed by atoms with Crippen LogP contribution in [0.25, 0.3) is 6.08 Å². The van der Waals surface area contributed by atoms with Crippen molar-refractivity contribution >= 4 is 29.4 Å². The van der Waals surface area contributed by atoms with Crippen LogP contribution in [-0.2, 0) is 21.4 Å². The molecule has 6 heteroatoms. The number of hydrogen-bond acceptors (Lipinski definition) is 6. The number of carbonyl (C=O) groups is 2. The molecular weight excluding hydrogens is 452 g/mol. The van der Waals surface area contributed by atoms with E-state index in [0.717, 1.165) is 28.1 Å². The molecule has 0 N–H and O–H groups in total. The second-order valence-corrected chi connectivity index (χ2v) is 9.46. The summed E-state index contributed by atoms with van der Waals surface area (Å²) in [5.41, 5.74) is 6.05. The summed E-state index contributed by atoms with van der Waals surface area (Å²) >= 11 is 0. The smallest absolute Gasteiger partial charge is 0.342 e. The number of rotatable bonds is 6. The average Bonchev–Trinajstić information content (AvgIpc) is 2.87. The molecule has 0 radical (unpaired) electrons. The lowest BCUT2D eigenvalue weighted by atomic mass is 9.67. The fraction of sp³-hybridized carbons (Fsp3) is 0.267. The van der Waals surface area contributed by atoms with Crippen LogP contribution in [-0.4, -0.2) is 47.2 Å². The molecule has 0 fully saturated rings. The third-order valence-corrected chi connectivity index (χ3v) is 6.74. The second kappa shape index (κ2) is 9.90. The van der Waals surface area contributed by atoms with Crippen molar-refractivity contribution in [2.45, 2.75) is 18.8 Å². The Balaban J connectivity index is 1.90. The molecule has 0 amide bonds. The van der Waals surface area contributed by atoms with Crippen LogP contribution >= 0.6 is 0 Å². The molecule has 186 valence electrons. The molecule has 3 aromatic rings. The van der Waals surface area contributed by atoms with E-state index in [1.807, 2.05) is 40.3 Å². The zero-order valence-corrected chi connectivity index (χ0v) is 21.7. The number of esters is 2. The molecule has 0 unspecified atom stereocenters. The van der Waals surface area contributed by atoms with Gasteiger partial charge in [0, 0.05) is 51.9 Å². The van der Waals surface area contributed by atoms with Gasteiger partial charge in [-0.25, -0.2) is 4.79 Å². The molecule has 6 nitrogen and oxygen atoms in total. The minimum Gasteiger partial charge on any atom is -0.465 e. The molecule has 3 aromatic carbocycles.